The predicted molar refractivity (Wildman–Crippen MR) is 89.9 cm³/mol. The lowest BCUT2D eigenvalue weighted by Crippen LogP contribution is -2.21. The minimum atomic E-state index is -0.196. The number of benzene rings is 2. The Bertz CT molecular complexity index is 556. The summed E-state index contributed by atoms with van der Waals surface area (Å²) in [5, 5.41) is 3.45. The molecule has 2 aromatic rings. The third-order valence-corrected chi connectivity index (χ3v) is 4.24. The van der Waals surface area contributed by atoms with E-state index in [4.69, 9.17) is 0 Å². The zero-order valence-electron chi connectivity index (χ0n) is 12.3. The molecule has 1 atom stereocenters. The van der Waals surface area contributed by atoms with Crippen LogP contribution in [0.1, 0.15) is 36.9 Å². The van der Waals surface area contributed by atoms with E-state index < -0.39 is 0 Å². The van der Waals surface area contributed by atoms with Gasteiger partial charge in [0.1, 0.15) is 5.82 Å². The number of nitrogens with one attached hydrogen (secondary N) is 1. The molecule has 0 aliphatic carbocycles. The summed E-state index contributed by atoms with van der Waals surface area (Å²) in [6, 6.07) is 16.1. The molecule has 0 aromatic heterocycles. The van der Waals surface area contributed by atoms with Crippen LogP contribution in [0.25, 0.3) is 0 Å². The van der Waals surface area contributed by atoms with E-state index in [2.05, 4.69) is 52.4 Å². The summed E-state index contributed by atoms with van der Waals surface area (Å²) in [6.45, 7) is 2.97. The van der Waals surface area contributed by atoms with Crippen LogP contribution in [0.5, 0.6) is 0 Å². The number of aryl methyl sites for hydroxylation is 1. The van der Waals surface area contributed by atoms with Gasteiger partial charge in [0, 0.05) is 6.04 Å². The van der Waals surface area contributed by atoms with Gasteiger partial charge in [0.05, 0.1) is 4.47 Å². The van der Waals surface area contributed by atoms with Crippen molar-refractivity contribution in [3.8, 4) is 0 Å². The summed E-state index contributed by atoms with van der Waals surface area (Å²) in [6.07, 6.45) is 3.14. The van der Waals surface area contributed by atoms with Crippen LogP contribution in [-0.2, 0) is 6.42 Å². The van der Waals surface area contributed by atoms with E-state index in [1.807, 2.05) is 12.1 Å². The Morgan fingerprint density at radius 1 is 1.14 bits per heavy atom. The van der Waals surface area contributed by atoms with Gasteiger partial charge in [-0.25, -0.2) is 4.39 Å². The van der Waals surface area contributed by atoms with E-state index in [9.17, 15) is 4.39 Å². The molecule has 0 saturated heterocycles. The topological polar surface area (TPSA) is 12.0 Å². The third-order valence-electron chi connectivity index (χ3n) is 3.60. The van der Waals surface area contributed by atoms with Crippen LogP contribution in [0.15, 0.2) is 53.0 Å². The smallest absolute Gasteiger partial charge is 0.137 e. The molecular formula is C18H21BrFN. The molecule has 0 bridgehead atoms. The molecule has 3 heteroatoms. The summed E-state index contributed by atoms with van der Waals surface area (Å²) < 4.78 is 14.2. The Morgan fingerprint density at radius 3 is 2.57 bits per heavy atom. The van der Waals surface area contributed by atoms with Gasteiger partial charge in [-0.05, 0) is 65.0 Å². The highest BCUT2D eigenvalue weighted by atomic mass is 79.9. The lowest BCUT2D eigenvalue weighted by atomic mass is 9.99. The van der Waals surface area contributed by atoms with E-state index in [0.717, 1.165) is 31.4 Å². The van der Waals surface area contributed by atoms with Crippen LogP contribution in [0.3, 0.4) is 0 Å². The van der Waals surface area contributed by atoms with E-state index in [-0.39, 0.29) is 11.9 Å². The molecule has 0 amide bonds. The van der Waals surface area contributed by atoms with Crippen molar-refractivity contribution in [2.75, 3.05) is 6.54 Å². The standard InChI is InChI=1S/C18H21BrFN/c1-2-21-18(15-11-12-16(19)17(20)13-15)10-6-9-14-7-4-3-5-8-14/h3-5,7-8,11-13,18,21H,2,6,9-10H2,1H3. The summed E-state index contributed by atoms with van der Waals surface area (Å²) in [5.74, 6) is -0.196. The molecule has 0 aliphatic rings. The highest BCUT2D eigenvalue weighted by Gasteiger charge is 2.12. The summed E-state index contributed by atoms with van der Waals surface area (Å²) >= 11 is 3.21. The van der Waals surface area contributed by atoms with Gasteiger partial charge < -0.3 is 5.32 Å². The fourth-order valence-corrected chi connectivity index (χ4v) is 2.76. The molecule has 21 heavy (non-hydrogen) atoms. The van der Waals surface area contributed by atoms with E-state index >= 15 is 0 Å². The van der Waals surface area contributed by atoms with Gasteiger partial charge in [-0.1, -0.05) is 43.3 Å². The van der Waals surface area contributed by atoms with Gasteiger partial charge in [0.15, 0.2) is 0 Å². The molecule has 1 nitrogen and oxygen atoms in total. The summed E-state index contributed by atoms with van der Waals surface area (Å²) in [4.78, 5) is 0. The van der Waals surface area contributed by atoms with Crippen molar-refractivity contribution in [2.24, 2.45) is 0 Å². The zero-order valence-corrected chi connectivity index (χ0v) is 13.9. The van der Waals surface area contributed by atoms with Crippen molar-refractivity contribution in [1.29, 1.82) is 0 Å². The van der Waals surface area contributed by atoms with E-state index in [0.29, 0.717) is 4.47 Å². The van der Waals surface area contributed by atoms with Crippen molar-refractivity contribution < 1.29 is 4.39 Å². The first-order valence-corrected chi connectivity index (χ1v) is 8.22. The van der Waals surface area contributed by atoms with Crippen molar-refractivity contribution in [1.82, 2.24) is 5.32 Å². The first-order chi connectivity index (χ1) is 10.2. The molecule has 0 aliphatic heterocycles. The SMILES string of the molecule is CCNC(CCCc1ccccc1)c1ccc(Br)c(F)c1. The third kappa shape index (κ3) is 4.94. The van der Waals surface area contributed by atoms with Crippen molar-refractivity contribution in [2.45, 2.75) is 32.2 Å². The number of hydrogen-bond donors (Lipinski definition) is 1. The van der Waals surface area contributed by atoms with Crippen LogP contribution >= 0.6 is 15.9 Å². The lowest BCUT2D eigenvalue weighted by Gasteiger charge is -2.18. The van der Waals surface area contributed by atoms with Crippen LogP contribution in [0.2, 0.25) is 0 Å². The largest absolute Gasteiger partial charge is 0.310 e. The Kier molecular flexibility index (Phi) is 6.40. The molecule has 0 spiro atoms. The van der Waals surface area contributed by atoms with E-state index in [1.54, 1.807) is 12.1 Å². The summed E-state index contributed by atoms with van der Waals surface area (Å²) in [5.41, 5.74) is 2.38. The van der Waals surface area contributed by atoms with Gasteiger partial charge in [-0.2, -0.15) is 0 Å². The Labute approximate surface area is 134 Å². The quantitative estimate of drug-likeness (QED) is 0.718. The minimum Gasteiger partial charge on any atom is -0.310 e. The predicted octanol–water partition coefficient (Wildman–Crippen LogP) is 5.26. The van der Waals surface area contributed by atoms with Crippen LogP contribution in [-0.4, -0.2) is 6.54 Å². The van der Waals surface area contributed by atoms with Gasteiger partial charge in [0.2, 0.25) is 0 Å². The van der Waals surface area contributed by atoms with Crippen molar-refractivity contribution in [3.05, 3.63) is 69.9 Å². The second kappa shape index (κ2) is 8.30. The summed E-state index contributed by atoms with van der Waals surface area (Å²) in [7, 11) is 0. The maximum absolute atomic E-state index is 13.7. The maximum Gasteiger partial charge on any atom is 0.137 e. The molecule has 1 N–H and O–H groups in total. The highest BCUT2D eigenvalue weighted by Crippen LogP contribution is 2.24. The van der Waals surface area contributed by atoms with E-state index in [1.165, 1.54) is 5.56 Å². The fraction of sp³-hybridized carbons (Fsp3) is 0.333. The molecular weight excluding hydrogens is 329 g/mol. The second-order valence-corrected chi connectivity index (χ2v) is 6.02. The van der Waals surface area contributed by atoms with Gasteiger partial charge in [-0.15, -0.1) is 0 Å². The maximum atomic E-state index is 13.7. The molecule has 0 saturated carbocycles. The number of rotatable bonds is 7. The first-order valence-electron chi connectivity index (χ1n) is 7.43. The molecule has 0 heterocycles. The number of halogens is 2. The molecule has 0 radical (unpaired) electrons. The van der Waals surface area contributed by atoms with Crippen LogP contribution < -0.4 is 5.32 Å². The average molecular weight is 350 g/mol. The fourth-order valence-electron chi connectivity index (χ4n) is 2.52. The zero-order chi connectivity index (χ0) is 15.1. The van der Waals surface area contributed by atoms with Gasteiger partial charge in [0.25, 0.3) is 0 Å². The lowest BCUT2D eigenvalue weighted by molar-refractivity contribution is 0.494. The van der Waals surface area contributed by atoms with Crippen molar-refractivity contribution >= 4 is 15.9 Å². The average Bonchev–Trinajstić information content (AvgIpc) is 2.50. The highest BCUT2D eigenvalue weighted by molar-refractivity contribution is 9.10. The Morgan fingerprint density at radius 2 is 1.90 bits per heavy atom. The minimum absolute atomic E-state index is 0.196. The van der Waals surface area contributed by atoms with Crippen LogP contribution in [0.4, 0.5) is 4.39 Å². The van der Waals surface area contributed by atoms with Gasteiger partial charge >= 0.3 is 0 Å². The number of hydrogen-bond acceptors (Lipinski definition) is 1. The van der Waals surface area contributed by atoms with Crippen LogP contribution in [0, 0.1) is 5.82 Å². The first kappa shape index (κ1) is 16.2. The monoisotopic (exact) mass is 349 g/mol. The van der Waals surface area contributed by atoms with Gasteiger partial charge in [-0.3, -0.25) is 0 Å². The Hall–Kier alpha value is -1.19. The molecule has 2 aromatic carbocycles. The van der Waals surface area contributed by atoms with Crippen molar-refractivity contribution in [3.63, 3.8) is 0 Å². The molecule has 2 rings (SSSR count). The second-order valence-electron chi connectivity index (χ2n) is 5.16. The molecule has 0 fully saturated rings. The normalized spacial score (nSPS) is 12.3. The molecule has 112 valence electrons. The Balaban J connectivity index is 1.97. The molecule has 1 unspecified atom stereocenters.